The smallest absolute Gasteiger partial charge is 0.122 e. The maximum atomic E-state index is 6.48. The van der Waals surface area contributed by atoms with Gasteiger partial charge in [0.25, 0.3) is 0 Å². The maximum Gasteiger partial charge on any atom is 0.122 e. The molecule has 0 bridgehead atoms. The summed E-state index contributed by atoms with van der Waals surface area (Å²) in [5.41, 5.74) is 9.16. The monoisotopic (exact) mass is 243 g/mol. The van der Waals surface area contributed by atoms with Crippen molar-refractivity contribution in [2.75, 3.05) is 6.61 Å². The first-order chi connectivity index (χ1) is 8.81. The highest BCUT2D eigenvalue weighted by atomic mass is 16.5. The highest BCUT2D eigenvalue weighted by Crippen LogP contribution is 2.56. The van der Waals surface area contributed by atoms with Crippen LogP contribution in [0, 0.1) is 17.8 Å². The van der Waals surface area contributed by atoms with Gasteiger partial charge in [-0.15, -0.1) is 0 Å². The van der Waals surface area contributed by atoms with Crippen molar-refractivity contribution in [3.05, 3.63) is 29.3 Å². The Balaban J connectivity index is 1.56. The van der Waals surface area contributed by atoms with Crippen molar-refractivity contribution in [1.82, 2.24) is 0 Å². The van der Waals surface area contributed by atoms with Crippen molar-refractivity contribution >= 4 is 0 Å². The fraction of sp³-hybridized carbons (Fsp3) is 0.625. The highest BCUT2D eigenvalue weighted by molar-refractivity contribution is 5.39. The van der Waals surface area contributed by atoms with E-state index in [1.165, 1.54) is 30.4 Å². The molecule has 3 atom stereocenters. The second-order valence-electron chi connectivity index (χ2n) is 6.33. The molecule has 2 saturated carbocycles. The zero-order chi connectivity index (χ0) is 12.1. The van der Waals surface area contributed by atoms with Gasteiger partial charge in [0, 0.05) is 6.04 Å². The Labute approximate surface area is 109 Å². The summed E-state index contributed by atoms with van der Waals surface area (Å²) in [7, 11) is 0. The van der Waals surface area contributed by atoms with Crippen LogP contribution in [0.15, 0.2) is 18.2 Å². The number of hydrogen-bond acceptors (Lipinski definition) is 2. The lowest BCUT2D eigenvalue weighted by Gasteiger charge is -2.24. The van der Waals surface area contributed by atoms with Crippen LogP contribution in [0.1, 0.15) is 42.9 Å². The van der Waals surface area contributed by atoms with Crippen molar-refractivity contribution < 1.29 is 4.74 Å². The van der Waals surface area contributed by atoms with E-state index in [1.807, 2.05) is 0 Å². The fourth-order valence-corrected chi connectivity index (χ4v) is 3.91. The summed E-state index contributed by atoms with van der Waals surface area (Å²) >= 11 is 0. The van der Waals surface area contributed by atoms with Gasteiger partial charge in [-0.1, -0.05) is 12.1 Å². The Morgan fingerprint density at radius 1 is 1.17 bits per heavy atom. The number of benzene rings is 1. The Bertz CT molecular complexity index is 460. The van der Waals surface area contributed by atoms with Gasteiger partial charge in [0.05, 0.1) is 6.61 Å². The molecule has 2 aliphatic carbocycles. The molecule has 2 fully saturated rings. The molecule has 2 heteroatoms. The van der Waals surface area contributed by atoms with E-state index in [4.69, 9.17) is 10.5 Å². The van der Waals surface area contributed by atoms with Gasteiger partial charge in [0.2, 0.25) is 0 Å². The van der Waals surface area contributed by atoms with Crippen LogP contribution in [0.3, 0.4) is 0 Å². The van der Waals surface area contributed by atoms with Gasteiger partial charge in [-0.25, -0.2) is 0 Å². The van der Waals surface area contributed by atoms with Gasteiger partial charge in [0.15, 0.2) is 0 Å². The van der Waals surface area contributed by atoms with Crippen LogP contribution in [0.4, 0.5) is 0 Å². The molecule has 18 heavy (non-hydrogen) atoms. The lowest BCUT2D eigenvalue weighted by Crippen LogP contribution is -2.21. The van der Waals surface area contributed by atoms with Gasteiger partial charge >= 0.3 is 0 Å². The third-order valence-corrected chi connectivity index (χ3v) is 5.11. The van der Waals surface area contributed by atoms with E-state index >= 15 is 0 Å². The minimum atomic E-state index is 0.241. The van der Waals surface area contributed by atoms with E-state index in [9.17, 15) is 0 Å². The van der Waals surface area contributed by atoms with Crippen LogP contribution in [-0.2, 0) is 6.42 Å². The SMILES string of the molecule is NC(c1ccc2c(c1)CCCO2)C1CC2CC2C1. The molecule has 1 aromatic rings. The summed E-state index contributed by atoms with van der Waals surface area (Å²) in [6, 6.07) is 6.84. The zero-order valence-electron chi connectivity index (χ0n) is 10.8. The van der Waals surface area contributed by atoms with Crippen LogP contribution in [0.2, 0.25) is 0 Å². The Hall–Kier alpha value is -1.02. The van der Waals surface area contributed by atoms with Crippen molar-refractivity contribution in [1.29, 1.82) is 0 Å². The number of ether oxygens (including phenoxy) is 1. The van der Waals surface area contributed by atoms with Crippen LogP contribution in [0.25, 0.3) is 0 Å². The quantitative estimate of drug-likeness (QED) is 0.866. The Morgan fingerprint density at radius 2 is 2.00 bits per heavy atom. The average Bonchev–Trinajstić information content (AvgIpc) is 3.04. The van der Waals surface area contributed by atoms with E-state index in [0.29, 0.717) is 0 Å². The molecule has 0 radical (unpaired) electrons. The lowest BCUT2D eigenvalue weighted by molar-refractivity contribution is 0.288. The first-order valence-electron chi connectivity index (χ1n) is 7.32. The first-order valence-corrected chi connectivity index (χ1v) is 7.32. The molecule has 0 aromatic heterocycles. The molecule has 3 unspecified atom stereocenters. The predicted molar refractivity (Wildman–Crippen MR) is 71.5 cm³/mol. The predicted octanol–water partition coefficient (Wildman–Crippen LogP) is 3.06. The third kappa shape index (κ3) is 1.74. The average molecular weight is 243 g/mol. The molecule has 0 saturated heterocycles. The van der Waals surface area contributed by atoms with Crippen LogP contribution in [0.5, 0.6) is 5.75 Å². The number of nitrogens with two attached hydrogens (primary N) is 1. The minimum Gasteiger partial charge on any atom is -0.493 e. The van der Waals surface area contributed by atoms with Gasteiger partial charge in [-0.3, -0.25) is 0 Å². The summed E-state index contributed by atoms with van der Waals surface area (Å²) in [5, 5.41) is 0. The van der Waals surface area contributed by atoms with E-state index in [0.717, 1.165) is 43.0 Å². The summed E-state index contributed by atoms with van der Waals surface area (Å²) in [6.07, 6.45) is 6.48. The van der Waals surface area contributed by atoms with Gasteiger partial charge in [0.1, 0.15) is 5.75 Å². The Kier molecular flexibility index (Phi) is 2.41. The molecule has 2 N–H and O–H groups in total. The second kappa shape index (κ2) is 3.99. The molecule has 3 aliphatic rings. The summed E-state index contributed by atoms with van der Waals surface area (Å²) in [5.74, 6) is 3.83. The highest BCUT2D eigenvalue weighted by Gasteiger charge is 2.47. The lowest BCUT2D eigenvalue weighted by atomic mass is 9.88. The molecular weight excluding hydrogens is 222 g/mol. The molecular formula is C16H21NO. The third-order valence-electron chi connectivity index (χ3n) is 5.11. The first kappa shape index (κ1) is 10.9. The van der Waals surface area contributed by atoms with E-state index < -0.39 is 0 Å². The Morgan fingerprint density at radius 3 is 2.83 bits per heavy atom. The number of hydrogen-bond donors (Lipinski definition) is 1. The summed E-state index contributed by atoms with van der Waals surface area (Å²) in [4.78, 5) is 0. The molecule has 1 aliphatic heterocycles. The minimum absolute atomic E-state index is 0.241. The van der Waals surface area contributed by atoms with E-state index in [1.54, 1.807) is 0 Å². The molecule has 4 rings (SSSR count). The number of aryl methyl sites for hydroxylation is 1. The van der Waals surface area contributed by atoms with Crippen molar-refractivity contribution in [2.24, 2.45) is 23.5 Å². The molecule has 1 aromatic carbocycles. The van der Waals surface area contributed by atoms with Crippen LogP contribution in [-0.4, -0.2) is 6.61 Å². The van der Waals surface area contributed by atoms with Gasteiger partial charge in [-0.2, -0.15) is 0 Å². The van der Waals surface area contributed by atoms with E-state index in [2.05, 4.69) is 18.2 Å². The molecule has 2 nitrogen and oxygen atoms in total. The standard InChI is InChI=1S/C16H21NO/c17-16(14-8-12-7-13(12)9-14)11-3-4-15-10(6-11)2-1-5-18-15/h3-4,6,12-14,16H,1-2,5,7-9,17H2. The largest absolute Gasteiger partial charge is 0.493 e. The maximum absolute atomic E-state index is 6.48. The van der Waals surface area contributed by atoms with Crippen molar-refractivity contribution in [3.63, 3.8) is 0 Å². The fourth-order valence-electron chi connectivity index (χ4n) is 3.91. The van der Waals surface area contributed by atoms with Crippen LogP contribution >= 0.6 is 0 Å². The van der Waals surface area contributed by atoms with Gasteiger partial charge in [-0.05, 0) is 67.1 Å². The topological polar surface area (TPSA) is 35.2 Å². The normalized spacial score (nSPS) is 34.4. The summed E-state index contributed by atoms with van der Waals surface area (Å²) < 4.78 is 5.67. The van der Waals surface area contributed by atoms with Gasteiger partial charge < -0.3 is 10.5 Å². The van der Waals surface area contributed by atoms with Crippen molar-refractivity contribution in [2.45, 2.75) is 38.1 Å². The van der Waals surface area contributed by atoms with E-state index in [-0.39, 0.29) is 6.04 Å². The second-order valence-corrected chi connectivity index (χ2v) is 6.33. The summed E-state index contributed by atoms with van der Waals surface area (Å²) in [6.45, 7) is 0.865. The molecule has 0 amide bonds. The zero-order valence-corrected chi connectivity index (χ0v) is 10.8. The molecule has 96 valence electrons. The number of fused-ring (bicyclic) bond motifs is 2. The van der Waals surface area contributed by atoms with Crippen LogP contribution < -0.4 is 10.5 Å². The van der Waals surface area contributed by atoms with Crippen molar-refractivity contribution in [3.8, 4) is 5.75 Å². The molecule has 1 heterocycles. The number of rotatable bonds is 2. The molecule has 0 spiro atoms.